The summed E-state index contributed by atoms with van der Waals surface area (Å²) in [5.74, 6) is -0.793. The number of amides is 1. The molecule has 1 N–H and O–H groups in total. The maximum absolute atomic E-state index is 13.3. The number of anilines is 1. The number of hydrogen-bond donors (Lipinski definition) is 1. The molecule has 1 aromatic carbocycles. The van der Waals surface area contributed by atoms with Crippen molar-refractivity contribution in [1.29, 1.82) is 0 Å². The first kappa shape index (κ1) is 13.7. The molecule has 0 aliphatic rings. The van der Waals surface area contributed by atoms with Gasteiger partial charge in [0.2, 0.25) is 5.91 Å². The first-order valence-corrected chi connectivity index (χ1v) is 6.50. The normalized spacial score (nSPS) is 10.3. The van der Waals surface area contributed by atoms with Gasteiger partial charge in [0, 0.05) is 10.7 Å². The second-order valence-electron chi connectivity index (χ2n) is 4.15. The number of hydrogen-bond acceptors (Lipinski definition) is 2. The Morgan fingerprint density at radius 2 is 2.21 bits per heavy atom. The van der Waals surface area contributed by atoms with Crippen molar-refractivity contribution in [1.82, 2.24) is 4.98 Å². The third kappa shape index (κ3) is 3.61. The number of halogens is 2. The second kappa shape index (κ2) is 5.93. The van der Waals surface area contributed by atoms with Crippen LogP contribution < -0.4 is 5.32 Å². The van der Waals surface area contributed by atoms with Gasteiger partial charge in [0.05, 0.1) is 18.3 Å². The highest BCUT2D eigenvalue weighted by Gasteiger charge is 2.09. The summed E-state index contributed by atoms with van der Waals surface area (Å²) in [6, 6.07) is 7.13. The Bertz CT molecular complexity index is 616. The number of aromatic nitrogens is 1. The van der Waals surface area contributed by atoms with Crippen LogP contribution in [0.3, 0.4) is 0 Å². The Kier molecular flexibility index (Phi) is 4.27. The smallest absolute Gasteiger partial charge is 0.228 e. The molecule has 3 nitrogen and oxygen atoms in total. The van der Waals surface area contributed by atoms with Crippen LogP contribution in [0.2, 0.25) is 0 Å². The zero-order chi connectivity index (χ0) is 13.8. The fourth-order valence-electron chi connectivity index (χ4n) is 1.70. The molecule has 0 atom stereocenters. The van der Waals surface area contributed by atoms with Crippen molar-refractivity contribution in [3.63, 3.8) is 0 Å². The molecule has 0 spiro atoms. The standard InChI is InChI=1S/C14H12BrFN2O/c1-9-6-11(15)3-2-10(9)7-14(19)18-13-4-5-17-8-12(13)16/h2-6,8H,7H2,1H3,(H,17,18,19). The van der Waals surface area contributed by atoms with E-state index in [4.69, 9.17) is 0 Å². The molecular formula is C14H12BrFN2O. The fraction of sp³-hybridized carbons (Fsp3) is 0.143. The van der Waals surface area contributed by atoms with Crippen LogP contribution in [0.5, 0.6) is 0 Å². The molecule has 2 aromatic rings. The zero-order valence-electron chi connectivity index (χ0n) is 10.3. The van der Waals surface area contributed by atoms with Gasteiger partial charge in [0.25, 0.3) is 0 Å². The molecule has 0 saturated carbocycles. The van der Waals surface area contributed by atoms with Crippen LogP contribution in [0.4, 0.5) is 10.1 Å². The lowest BCUT2D eigenvalue weighted by Crippen LogP contribution is -2.16. The minimum absolute atomic E-state index is 0.148. The van der Waals surface area contributed by atoms with Crippen molar-refractivity contribution in [3.05, 3.63) is 58.1 Å². The summed E-state index contributed by atoms with van der Waals surface area (Å²) >= 11 is 3.37. The van der Waals surface area contributed by atoms with E-state index in [-0.39, 0.29) is 18.0 Å². The summed E-state index contributed by atoms with van der Waals surface area (Å²) < 4.78 is 14.3. The summed E-state index contributed by atoms with van der Waals surface area (Å²) in [7, 11) is 0. The minimum Gasteiger partial charge on any atom is -0.323 e. The van der Waals surface area contributed by atoms with E-state index in [1.807, 2.05) is 25.1 Å². The average Bonchev–Trinajstić information content (AvgIpc) is 2.36. The Hall–Kier alpha value is -1.75. The van der Waals surface area contributed by atoms with Crippen LogP contribution in [0.1, 0.15) is 11.1 Å². The maximum Gasteiger partial charge on any atom is 0.228 e. The van der Waals surface area contributed by atoms with Crippen molar-refractivity contribution in [3.8, 4) is 0 Å². The highest BCUT2D eigenvalue weighted by Crippen LogP contribution is 2.17. The lowest BCUT2D eigenvalue weighted by Gasteiger charge is -2.08. The van der Waals surface area contributed by atoms with Crippen LogP contribution in [0.15, 0.2) is 41.1 Å². The van der Waals surface area contributed by atoms with Crippen molar-refractivity contribution >= 4 is 27.5 Å². The van der Waals surface area contributed by atoms with Gasteiger partial charge in [-0.25, -0.2) is 4.39 Å². The molecule has 5 heteroatoms. The van der Waals surface area contributed by atoms with Gasteiger partial charge in [-0.2, -0.15) is 0 Å². The Morgan fingerprint density at radius 1 is 1.42 bits per heavy atom. The molecule has 1 aromatic heterocycles. The number of aryl methyl sites for hydroxylation is 1. The van der Waals surface area contributed by atoms with Gasteiger partial charge >= 0.3 is 0 Å². The maximum atomic E-state index is 13.3. The average molecular weight is 323 g/mol. The van der Waals surface area contributed by atoms with Gasteiger partial charge < -0.3 is 5.32 Å². The molecule has 0 fully saturated rings. The van der Waals surface area contributed by atoms with E-state index in [1.165, 1.54) is 12.3 Å². The Labute approximate surface area is 119 Å². The first-order chi connectivity index (χ1) is 9.06. The molecule has 98 valence electrons. The van der Waals surface area contributed by atoms with E-state index < -0.39 is 5.82 Å². The van der Waals surface area contributed by atoms with Gasteiger partial charge in [0.15, 0.2) is 5.82 Å². The third-order valence-corrected chi connectivity index (χ3v) is 3.20. The summed E-state index contributed by atoms with van der Waals surface area (Å²) in [5.41, 5.74) is 2.07. The molecule has 1 heterocycles. The second-order valence-corrected chi connectivity index (χ2v) is 5.07. The zero-order valence-corrected chi connectivity index (χ0v) is 11.9. The molecule has 0 aliphatic heterocycles. The van der Waals surface area contributed by atoms with Gasteiger partial charge in [-0.05, 0) is 36.2 Å². The Morgan fingerprint density at radius 3 is 2.89 bits per heavy atom. The summed E-state index contributed by atoms with van der Waals surface area (Å²) in [6.45, 7) is 1.93. The topological polar surface area (TPSA) is 42.0 Å². The summed E-state index contributed by atoms with van der Waals surface area (Å²) in [6.07, 6.45) is 2.71. The number of nitrogens with one attached hydrogen (secondary N) is 1. The molecule has 0 aliphatic carbocycles. The van der Waals surface area contributed by atoms with E-state index in [1.54, 1.807) is 0 Å². The van der Waals surface area contributed by atoms with Gasteiger partial charge in [-0.3, -0.25) is 9.78 Å². The number of nitrogens with zero attached hydrogens (tertiary/aromatic N) is 1. The highest BCUT2D eigenvalue weighted by atomic mass is 79.9. The first-order valence-electron chi connectivity index (χ1n) is 5.70. The molecule has 2 rings (SSSR count). The van der Waals surface area contributed by atoms with Crippen LogP contribution in [-0.2, 0) is 11.2 Å². The number of rotatable bonds is 3. The van der Waals surface area contributed by atoms with Crippen LogP contribution in [0.25, 0.3) is 0 Å². The lowest BCUT2D eigenvalue weighted by molar-refractivity contribution is -0.115. The largest absolute Gasteiger partial charge is 0.323 e. The molecule has 1 amide bonds. The van der Waals surface area contributed by atoms with E-state index in [0.717, 1.165) is 21.8 Å². The SMILES string of the molecule is Cc1cc(Br)ccc1CC(=O)Nc1ccncc1F. The molecule has 0 unspecified atom stereocenters. The lowest BCUT2D eigenvalue weighted by atomic mass is 10.1. The van der Waals surface area contributed by atoms with Gasteiger partial charge in [-0.15, -0.1) is 0 Å². The number of carbonyl (C=O) groups is 1. The minimum atomic E-state index is -0.539. The van der Waals surface area contributed by atoms with Crippen molar-refractivity contribution in [2.75, 3.05) is 5.32 Å². The number of pyridine rings is 1. The monoisotopic (exact) mass is 322 g/mol. The summed E-state index contributed by atoms with van der Waals surface area (Å²) in [5, 5.41) is 2.53. The molecule has 19 heavy (non-hydrogen) atoms. The molecule has 0 bridgehead atoms. The van der Waals surface area contributed by atoms with Crippen LogP contribution in [0, 0.1) is 12.7 Å². The quantitative estimate of drug-likeness (QED) is 0.940. The van der Waals surface area contributed by atoms with Crippen molar-refractivity contribution in [2.45, 2.75) is 13.3 Å². The van der Waals surface area contributed by atoms with E-state index in [2.05, 4.69) is 26.2 Å². The van der Waals surface area contributed by atoms with Crippen LogP contribution in [-0.4, -0.2) is 10.9 Å². The molecule has 0 radical (unpaired) electrons. The molecule has 0 saturated heterocycles. The number of benzene rings is 1. The highest BCUT2D eigenvalue weighted by molar-refractivity contribution is 9.10. The van der Waals surface area contributed by atoms with Crippen molar-refractivity contribution < 1.29 is 9.18 Å². The molecular weight excluding hydrogens is 311 g/mol. The van der Waals surface area contributed by atoms with Gasteiger partial charge in [-0.1, -0.05) is 22.0 Å². The summed E-state index contributed by atoms with van der Waals surface area (Å²) in [4.78, 5) is 15.5. The Balaban J connectivity index is 2.08. The van der Waals surface area contributed by atoms with E-state index in [9.17, 15) is 9.18 Å². The predicted octanol–water partition coefficient (Wildman–Crippen LogP) is 3.47. The van der Waals surface area contributed by atoms with Gasteiger partial charge in [0.1, 0.15) is 0 Å². The van der Waals surface area contributed by atoms with Crippen molar-refractivity contribution in [2.24, 2.45) is 0 Å². The fourth-order valence-corrected chi connectivity index (χ4v) is 2.18. The predicted molar refractivity (Wildman–Crippen MR) is 75.4 cm³/mol. The van der Waals surface area contributed by atoms with E-state index >= 15 is 0 Å². The third-order valence-electron chi connectivity index (χ3n) is 2.70. The number of carbonyl (C=O) groups excluding carboxylic acids is 1. The van der Waals surface area contributed by atoms with Crippen LogP contribution >= 0.6 is 15.9 Å². The van der Waals surface area contributed by atoms with E-state index in [0.29, 0.717) is 0 Å².